The van der Waals surface area contributed by atoms with Gasteiger partial charge < -0.3 is 5.32 Å². The number of rotatable bonds is 5. The number of anilines is 1. The van der Waals surface area contributed by atoms with Crippen molar-refractivity contribution in [1.82, 2.24) is 5.32 Å². The monoisotopic (exact) mass is 356 g/mol. The second-order valence-corrected chi connectivity index (χ2v) is 6.51. The van der Waals surface area contributed by atoms with Gasteiger partial charge in [-0.05, 0) is 29.7 Å². The van der Waals surface area contributed by atoms with Crippen LogP contribution in [-0.4, -0.2) is 24.4 Å². The van der Waals surface area contributed by atoms with Gasteiger partial charge in [-0.3, -0.25) is 14.5 Å². The number of hydrogen-bond donors (Lipinski definition) is 1. The number of halogens is 1. The molecule has 0 fully saturated rings. The van der Waals surface area contributed by atoms with Gasteiger partial charge in [0, 0.05) is 30.1 Å². The van der Waals surface area contributed by atoms with E-state index in [1.54, 1.807) is 4.90 Å². The standard InChI is InChI=1S/C20H21ClN2O2/c1-2-19(24)23-17-10-6-4-8-15(17)13-18(23)20(25)22-12-11-14-7-3-5-9-16(14)21/h3-10,18H,2,11-13H2,1H3,(H,22,25)/t18-/m0/s1. The average molecular weight is 357 g/mol. The molecule has 1 aliphatic heterocycles. The first-order chi connectivity index (χ1) is 12.1. The zero-order valence-electron chi connectivity index (χ0n) is 14.2. The Labute approximate surface area is 152 Å². The van der Waals surface area contributed by atoms with Crippen LogP contribution in [0.1, 0.15) is 24.5 Å². The molecule has 2 aromatic carbocycles. The molecule has 0 unspecified atom stereocenters. The summed E-state index contributed by atoms with van der Waals surface area (Å²) in [6, 6.07) is 14.8. The maximum Gasteiger partial charge on any atom is 0.243 e. The van der Waals surface area contributed by atoms with Crippen LogP contribution >= 0.6 is 11.6 Å². The Morgan fingerprint density at radius 3 is 2.64 bits per heavy atom. The number of amides is 2. The molecule has 130 valence electrons. The lowest BCUT2D eigenvalue weighted by atomic mass is 10.1. The van der Waals surface area contributed by atoms with Crippen molar-refractivity contribution in [3.8, 4) is 0 Å². The van der Waals surface area contributed by atoms with Crippen molar-refractivity contribution in [3.05, 3.63) is 64.7 Å². The summed E-state index contributed by atoms with van der Waals surface area (Å²) in [4.78, 5) is 26.7. The maximum atomic E-state index is 12.7. The topological polar surface area (TPSA) is 49.4 Å². The lowest BCUT2D eigenvalue weighted by Crippen LogP contribution is -2.48. The Balaban J connectivity index is 1.67. The number of nitrogens with one attached hydrogen (secondary N) is 1. The fourth-order valence-corrected chi connectivity index (χ4v) is 3.44. The Kier molecular flexibility index (Phi) is 5.39. The number of benzene rings is 2. The maximum absolute atomic E-state index is 12.7. The molecule has 1 heterocycles. The molecule has 0 bridgehead atoms. The van der Waals surface area contributed by atoms with Crippen molar-refractivity contribution in [2.75, 3.05) is 11.4 Å². The predicted octanol–water partition coefficient (Wildman–Crippen LogP) is 3.37. The van der Waals surface area contributed by atoms with Crippen molar-refractivity contribution < 1.29 is 9.59 Å². The number of carbonyl (C=O) groups excluding carboxylic acids is 2. The first-order valence-corrected chi connectivity index (χ1v) is 8.90. The summed E-state index contributed by atoms with van der Waals surface area (Å²) >= 11 is 6.15. The molecular weight excluding hydrogens is 336 g/mol. The summed E-state index contributed by atoms with van der Waals surface area (Å²) in [7, 11) is 0. The van der Waals surface area contributed by atoms with E-state index in [4.69, 9.17) is 11.6 Å². The van der Waals surface area contributed by atoms with Gasteiger partial charge in [-0.1, -0.05) is 54.9 Å². The molecule has 1 atom stereocenters. The van der Waals surface area contributed by atoms with Gasteiger partial charge in [-0.25, -0.2) is 0 Å². The molecule has 0 aliphatic carbocycles. The van der Waals surface area contributed by atoms with Gasteiger partial charge in [0.05, 0.1) is 0 Å². The largest absolute Gasteiger partial charge is 0.354 e. The third kappa shape index (κ3) is 3.69. The van der Waals surface area contributed by atoms with Gasteiger partial charge in [0.25, 0.3) is 0 Å². The second kappa shape index (κ2) is 7.70. The highest BCUT2D eigenvalue weighted by Gasteiger charge is 2.37. The van der Waals surface area contributed by atoms with Crippen LogP contribution in [0.5, 0.6) is 0 Å². The van der Waals surface area contributed by atoms with Crippen LogP contribution in [0.25, 0.3) is 0 Å². The summed E-state index contributed by atoms with van der Waals surface area (Å²) in [5.41, 5.74) is 2.89. The van der Waals surface area contributed by atoms with E-state index < -0.39 is 6.04 Å². The highest BCUT2D eigenvalue weighted by molar-refractivity contribution is 6.31. The van der Waals surface area contributed by atoms with Gasteiger partial charge >= 0.3 is 0 Å². The van der Waals surface area contributed by atoms with Crippen molar-refractivity contribution >= 4 is 29.1 Å². The molecule has 25 heavy (non-hydrogen) atoms. The normalized spacial score (nSPS) is 15.8. The number of hydrogen-bond acceptors (Lipinski definition) is 2. The Morgan fingerprint density at radius 2 is 1.88 bits per heavy atom. The number of carbonyl (C=O) groups is 2. The van der Waals surface area contributed by atoms with Crippen LogP contribution < -0.4 is 10.2 Å². The highest BCUT2D eigenvalue weighted by Crippen LogP contribution is 2.32. The van der Waals surface area contributed by atoms with E-state index in [0.717, 1.165) is 16.8 Å². The average Bonchev–Trinajstić information content (AvgIpc) is 3.02. The molecule has 3 rings (SSSR count). The summed E-state index contributed by atoms with van der Waals surface area (Å²) < 4.78 is 0. The van der Waals surface area contributed by atoms with Gasteiger partial charge in [-0.15, -0.1) is 0 Å². The van der Waals surface area contributed by atoms with Crippen LogP contribution in [0, 0.1) is 0 Å². The first-order valence-electron chi connectivity index (χ1n) is 8.53. The molecule has 0 spiro atoms. The van der Waals surface area contributed by atoms with E-state index in [-0.39, 0.29) is 11.8 Å². The minimum Gasteiger partial charge on any atom is -0.354 e. The molecule has 5 heteroatoms. The molecular formula is C20H21ClN2O2. The predicted molar refractivity (Wildman–Crippen MR) is 99.9 cm³/mol. The zero-order valence-corrected chi connectivity index (χ0v) is 14.9. The molecule has 0 aromatic heterocycles. The summed E-state index contributed by atoms with van der Waals surface area (Å²) in [6.07, 6.45) is 1.59. The Morgan fingerprint density at radius 1 is 1.16 bits per heavy atom. The lowest BCUT2D eigenvalue weighted by molar-refractivity contribution is -0.126. The van der Waals surface area contributed by atoms with Crippen LogP contribution in [0.15, 0.2) is 48.5 Å². The van der Waals surface area contributed by atoms with E-state index in [1.165, 1.54) is 0 Å². The fraction of sp³-hybridized carbons (Fsp3) is 0.300. The first kappa shape index (κ1) is 17.5. The fourth-order valence-electron chi connectivity index (χ4n) is 3.21. The summed E-state index contributed by atoms with van der Waals surface area (Å²) in [5, 5.41) is 3.65. The van der Waals surface area contributed by atoms with Gasteiger partial charge in [-0.2, -0.15) is 0 Å². The molecule has 1 aliphatic rings. The van der Waals surface area contributed by atoms with Crippen molar-refractivity contribution in [2.24, 2.45) is 0 Å². The Hall–Kier alpha value is -2.33. The number of fused-ring (bicyclic) bond motifs is 1. The molecule has 4 nitrogen and oxygen atoms in total. The van der Waals surface area contributed by atoms with Crippen molar-refractivity contribution in [3.63, 3.8) is 0 Å². The molecule has 1 N–H and O–H groups in total. The molecule has 0 saturated heterocycles. The molecule has 0 saturated carbocycles. The van der Waals surface area contributed by atoms with Crippen LogP contribution in [0.3, 0.4) is 0 Å². The smallest absolute Gasteiger partial charge is 0.243 e. The van der Waals surface area contributed by atoms with Crippen molar-refractivity contribution in [2.45, 2.75) is 32.2 Å². The molecule has 2 amide bonds. The van der Waals surface area contributed by atoms with Crippen LogP contribution in [0.4, 0.5) is 5.69 Å². The van der Waals surface area contributed by atoms with Gasteiger partial charge in [0.15, 0.2) is 0 Å². The van der Waals surface area contributed by atoms with E-state index in [0.29, 0.717) is 30.8 Å². The quantitative estimate of drug-likeness (QED) is 0.893. The van der Waals surface area contributed by atoms with E-state index >= 15 is 0 Å². The van der Waals surface area contributed by atoms with Crippen molar-refractivity contribution in [1.29, 1.82) is 0 Å². The third-order valence-corrected chi connectivity index (χ3v) is 4.87. The minimum atomic E-state index is -0.476. The van der Waals surface area contributed by atoms with Gasteiger partial charge in [0.2, 0.25) is 11.8 Å². The molecule has 2 aromatic rings. The number of para-hydroxylation sites is 1. The molecule has 0 radical (unpaired) electrons. The van der Waals surface area contributed by atoms with E-state index in [1.807, 2.05) is 55.5 Å². The highest BCUT2D eigenvalue weighted by atomic mass is 35.5. The van der Waals surface area contributed by atoms with E-state index in [9.17, 15) is 9.59 Å². The Bertz CT molecular complexity index is 791. The number of nitrogens with zero attached hydrogens (tertiary/aromatic N) is 1. The van der Waals surface area contributed by atoms with Gasteiger partial charge in [0.1, 0.15) is 6.04 Å². The summed E-state index contributed by atoms with van der Waals surface area (Å²) in [5.74, 6) is -0.152. The van der Waals surface area contributed by atoms with Crippen LogP contribution in [-0.2, 0) is 22.4 Å². The third-order valence-electron chi connectivity index (χ3n) is 4.50. The zero-order chi connectivity index (χ0) is 17.8. The minimum absolute atomic E-state index is 0.0313. The van der Waals surface area contributed by atoms with Crippen LogP contribution in [0.2, 0.25) is 5.02 Å². The SMILES string of the molecule is CCC(=O)N1c2ccccc2C[C@H]1C(=O)NCCc1ccccc1Cl. The van der Waals surface area contributed by atoms with E-state index in [2.05, 4.69) is 5.32 Å². The lowest BCUT2D eigenvalue weighted by Gasteiger charge is -2.24. The summed E-state index contributed by atoms with van der Waals surface area (Å²) in [6.45, 7) is 2.30. The second-order valence-electron chi connectivity index (χ2n) is 6.10.